The zero-order valence-corrected chi connectivity index (χ0v) is 26.1. The zero-order valence-electron chi connectivity index (χ0n) is 22.9. The second-order valence-corrected chi connectivity index (χ2v) is 12.7. The van der Waals surface area contributed by atoms with Gasteiger partial charge in [0.1, 0.15) is 17.3 Å². The Bertz CT molecular complexity index is 1680. The van der Waals surface area contributed by atoms with E-state index in [1.165, 1.54) is 40.9 Å². The number of hydrogen-bond donors (Lipinski definition) is 1. The molecule has 0 saturated carbocycles. The van der Waals surface area contributed by atoms with Crippen LogP contribution in [0.25, 0.3) is 5.76 Å². The van der Waals surface area contributed by atoms with Crippen molar-refractivity contribution in [2.45, 2.75) is 42.3 Å². The molecule has 1 N–H and O–H groups in total. The summed E-state index contributed by atoms with van der Waals surface area (Å²) in [5.41, 5.74) is 1.44. The van der Waals surface area contributed by atoms with E-state index in [1.807, 2.05) is 6.07 Å². The molecule has 43 heavy (non-hydrogen) atoms. The van der Waals surface area contributed by atoms with Crippen LogP contribution in [0.3, 0.4) is 0 Å². The molecule has 1 atom stereocenters. The Morgan fingerprint density at radius 2 is 1.86 bits per heavy atom. The molecule has 1 saturated heterocycles. The maximum absolute atomic E-state index is 13.6. The van der Waals surface area contributed by atoms with Crippen molar-refractivity contribution < 1.29 is 23.8 Å². The highest BCUT2D eigenvalue weighted by Crippen LogP contribution is 2.44. The molecular formula is C31H26Cl2FN3O4S2. The third-order valence-corrected chi connectivity index (χ3v) is 9.41. The highest BCUT2D eigenvalue weighted by Gasteiger charge is 2.48. The zero-order chi connectivity index (χ0) is 30.5. The number of ketones is 1. The van der Waals surface area contributed by atoms with Crippen molar-refractivity contribution in [2.75, 3.05) is 11.5 Å². The van der Waals surface area contributed by atoms with Gasteiger partial charge in [-0.2, -0.15) is 0 Å². The van der Waals surface area contributed by atoms with Gasteiger partial charge in [0.2, 0.25) is 5.13 Å². The minimum atomic E-state index is -1.03. The number of thioether (sulfide) groups is 1. The fourth-order valence-corrected chi connectivity index (χ4v) is 6.99. The Morgan fingerprint density at radius 1 is 1.07 bits per heavy atom. The summed E-state index contributed by atoms with van der Waals surface area (Å²) < 4.78 is 20.1. The molecule has 1 amide bonds. The van der Waals surface area contributed by atoms with Crippen LogP contribution in [0.15, 0.2) is 76.6 Å². The fraction of sp³-hybridized carbons (Fsp3) is 0.226. The van der Waals surface area contributed by atoms with Gasteiger partial charge in [-0.15, -0.1) is 10.2 Å². The van der Waals surface area contributed by atoms with Gasteiger partial charge in [-0.25, -0.2) is 4.39 Å². The van der Waals surface area contributed by atoms with Gasteiger partial charge < -0.3 is 9.84 Å². The minimum absolute atomic E-state index is 0.142. The molecule has 1 aliphatic rings. The van der Waals surface area contributed by atoms with Gasteiger partial charge in [0, 0.05) is 21.4 Å². The Hall–Kier alpha value is -3.44. The predicted molar refractivity (Wildman–Crippen MR) is 169 cm³/mol. The molecule has 0 spiro atoms. The minimum Gasteiger partial charge on any atom is -0.507 e. The quantitative estimate of drug-likeness (QED) is 0.0432. The summed E-state index contributed by atoms with van der Waals surface area (Å²) in [4.78, 5) is 28.2. The van der Waals surface area contributed by atoms with Gasteiger partial charge in [0.25, 0.3) is 5.78 Å². The molecule has 1 aliphatic heterocycles. The molecule has 1 unspecified atom stereocenters. The first-order valence-electron chi connectivity index (χ1n) is 13.5. The largest absolute Gasteiger partial charge is 0.507 e. The molecule has 222 valence electrons. The van der Waals surface area contributed by atoms with Crippen molar-refractivity contribution >= 4 is 68.9 Å². The van der Waals surface area contributed by atoms with E-state index in [9.17, 15) is 19.1 Å². The first-order chi connectivity index (χ1) is 20.8. The van der Waals surface area contributed by atoms with Gasteiger partial charge in [-0.05, 0) is 66.1 Å². The van der Waals surface area contributed by atoms with Crippen LogP contribution >= 0.6 is 46.3 Å². The smallest absolute Gasteiger partial charge is 0.301 e. The summed E-state index contributed by atoms with van der Waals surface area (Å²) in [5.74, 6) is -1.63. The predicted octanol–water partition coefficient (Wildman–Crippen LogP) is 8.47. The molecule has 3 aromatic carbocycles. The van der Waals surface area contributed by atoms with Crippen LogP contribution in [-0.2, 0) is 15.3 Å². The molecule has 5 rings (SSSR count). The number of ether oxygens (including phenoxy) is 1. The lowest BCUT2D eigenvalue weighted by Crippen LogP contribution is -2.29. The Labute approximate surface area is 266 Å². The molecule has 1 aromatic heterocycles. The summed E-state index contributed by atoms with van der Waals surface area (Å²) in [5, 5.41) is 21.0. The maximum atomic E-state index is 13.6. The first kappa shape index (κ1) is 31.0. The number of carbonyl (C=O) groups excluding carboxylic acids is 2. The number of aliphatic hydroxyl groups is 1. The van der Waals surface area contributed by atoms with Crippen LogP contribution in [-0.4, -0.2) is 33.6 Å². The lowest BCUT2D eigenvalue weighted by atomic mass is 9.95. The number of halogens is 3. The number of benzene rings is 3. The van der Waals surface area contributed by atoms with E-state index in [1.54, 1.807) is 36.4 Å². The van der Waals surface area contributed by atoms with Crippen LogP contribution in [0.5, 0.6) is 5.75 Å². The van der Waals surface area contributed by atoms with Crippen molar-refractivity contribution in [1.82, 2.24) is 10.2 Å². The number of amides is 1. The number of aromatic nitrogens is 2. The number of Topliss-reactive ketones (excluding diaryl/α,β-unsaturated/α-hetero) is 1. The molecule has 1 fully saturated rings. The van der Waals surface area contributed by atoms with E-state index in [0.29, 0.717) is 38.1 Å². The van der Waals surface area contributed by atoms with Crippen molar-refractivity contribution in [2.24, 2.45) is 0 Å². The Morgan fingerprint density at radius 3 is 2.60 bits per heavy atom. The van der Waals surface area contributed by atoms with Gasteiger partial charge in [0.15, 0.2) is 4.34 Å². The van der Waals surface area contributed by atoms with Gasteiger partial charge in [0.05, 0.1) is 18.2 Å². The number of carbonyl (C=O) groups is 2. The maximum Gasteiger partial charge on any atom is 0.301 e. The summed E-state index contributed by atoms with van der Waals surface area (Å²) >= 11 is 14.8. The van der Waals surface area contributed by atoms with E-state index in [4.69, 9.17) is 27.9 Å². The van der Waals surface area contributed by atoms with E-state index in [2.05, 4.69) is 17.1 Å². The summed E-state index contributed by atoms with van der Waals surface area (Å²) in [6, 6.07) is 16.3. The summed E-state index contributed by atoms with van der Waals surface area (Å²) in [6.07, 6.45) is 2.96. The average molecular weight is 659 g/mol. The SMILES string of the molecule is CCCCCOc1cccc(C2/C(=C(\O)c3ccc(F)cc3)C(=O)C(=O)N2c2nnc(SCc3ccc(Cl)cc3Cl)s2)c1. The molecule has 4 aromatic rings. The number of unbranched alkanes of at least 4 members (excludes halogenated alkanes) is 2. The number of hydrogen-bond acceptors (Lipinski definition) is 8. The van der Waals surface area contributed by atoms with E-state index < -0.39 is 29.3 Å². The third-order valence-electron chi connectivity index (χ3n) is 6.72. The monoisotopic (exact) mass is 657 g/mol. The van der Waals surface area contributed by atoms with Crippen molar-refractivity contribution in [1.29, 1.82) is 0 Å². The van der Waals surface area contributed by atoms with Crippen molar-refractivity contribution in [3.8, 4) is 5.75 Å². The van der Waals surface area contributed by atoms with Crippen LogP contribution in [0.4, 0.5) is 9.52 Å². The van der Waals surface area contributed by atoms with Crippen LogP contribution in [0.2, 0.25) is 10.0 Å². The summed E-state index contributed by atoms with van der Waals surface area (Å²) in [6.45, 7) is 2.62. The molecule has 0 radical (unpaired) electrons. The van der Waals surface area contributed by atoms with Gasteiger partial charge in [-0.1, -0.05) is 84.3 Å². The van der Waals surface area contributed by atoms with Crippen LogP contribution in [0, 0.1) is 5.82 Å². The normalized spacial score (nSPS) is 16.2. The number of aliphatic hydroxyl groups excluding tert-OH is 1. The third kappa shape index (κ3) is 7.04. The fourth-order valence-electron chi connectivity index (χ4n) is 4.56. The molecule has 12 heteroatoms. The topological polar surface area (TPSA) is 92.6 Å². The van der Waals surface area contributed by atoms with Crippen LogP contribution in [0.1, 0.15) is 48.9 Å². The molecule has 7 nitrogen and oxygen atoms in total. The highest BCUT2D eigenvalue weighted by atomic mass is 35.5. The standard InChI is InChI=1S/C31H26Cl2FN3O4S2/c1-2-3-4-14-41-23-7-5-6-19(15-23)26-25(27(38)18-9-12-22(34)13-10-18)28(39)29(40)37(26)30-35-36-31(43-30)42-17-20-8-11-21(32)16-24(20)33/h5-13,15-16,26,38H,2-4,14,17H2,1H3/b27-25+. The lowest BCUT2D eigenvalue weighted by Gasteiger charge is -2.23. The van der Waals surface area contributed by atoms with Crippen LogP contribution < -0.4 is 9.64 Å². The molecular weight excluding hydrogens is 632 g/mol. The molecule has 2 heterocycles. The highest BCUT2D eigenvalue weighted by molar-refractivity contribution is 8.00. The van der Waals surface area contributed by atoms with E-state index >= 15 is 0 Å². The van der Waals surface area contributed by atoms with Gasteiger partial charge >= 0.3 is 5.91 Å². The van der Waals surface area contributed by atoms with Gasteiger partial charge in [-0.3, -0.25) is 14.5 Å². The molecule has 0 bridgehead atoms. The second kappa shape index (κ2) is 13.9. The number of anilines is 1. The number of nitrogens with zero attached hydrogens (tertiary/aromatic N) is 3. The van der Waals surface area contributed by atoms with Crippen molar-refractivity contribution in [3.63, 3.8) is 0 Å². The lowest BCUT2D eigenvalue weighted by molar-refractivity contribution is -0.132. The van der Waals surface area contributed by atoms with E-state index in [0.717, 1.165) is 36.2 Å². The van der Waals surface area contributed by atoms with Crippen molar-refractivity contribution in [3.05, 3.63) is 105 Å². The molecule has 0 aliphatic carbocycles. The average Bonchev–Trinajstić information content (AvgIpc) is 3.57. The second-order valence-electron chi connectivity index (χ2n) is 9.68. The van der Waals surface area contributed by atoms with E-state index in [-0.39, 0.29) is 16.3 Å². The summed E-state index contributed by atoms with van der Waals surface area (Å²) in [7, 11) is 0. The Kier molecular flexibility index (Phi) is 10.0. The number of rotatable bonds is 11. The first-order valence-corrected chi connectivity index (χ1v) is 16.0. The Balaban J connectivity index is 1.51.